The summed E-state index contributed by atoms with van der Waals surface area (Å²) in [5, 5.41) is 0. The quantitative estimate of drug-likeness (QED) is 0.727. The number of Topliss-reactive ketones (excluding diaryl/α,β-unsaturated/α-hetero) is 2. The van der Waals surface area contributed by atoms with Gasteiger partial charge in [0.15, 0.2) is 0 Å². The minimum absolute atomic E-state index is 0.0169. The number of rotatable bonds is 6. The fourth-order valence-electron chi connectivity index (χ4n) is 1.91. The summed E-state index contributed by atoms with van der Waals surface area (Å²) in [6.07, 6.45) is 0.326. The van der Waals surface area contributed by atoms with Gasteiger partial charge in [0.2, 0.25) is 0 Å². The zero-order valence-corrected chi connectivity index (χ0v) is 11.4. The van der Waals surface area contributed by atoms with Gasteiger partial charge in [-0.05, 0) is 30.0 Å². The maximum Gasteiger partial charge on any atom is 0.144 e. The number of ether oxygens (including phenoxy) is 1. The van der Waals surface area contributed by atoms with Crippen molar-refractivity contribution in [2.45, 2.75) is 39.5 Å². The highest BCUT2D eigenvalue weighted by atomic mass is 16.5. The third-order valence-corrected chi connectivity index (χ3v) is 2.76. The molecule has 0 aliphatic heterocycles. The highest BCUT2D eigenvalue weighted by molar-refractivity contribution is 5.98. The van der Waals surface area contributed by atoms with Crippen LogP contribution in [0.1, 0.15) is 44.2 Å². The van der Waals surface area contributed by atoms with Crippen molar-refractivity contribution in [3.8, 4) is 5.75 Å². The minimum atomic E-state index is -0.0856. The first-order chi connectivity index (χ1) is 8.43. The van der Waals surface area contributed by atoms with E-state index >= 15 is 0 Å². The lowest BCUT2D eigenvalue weighted by Gasteiger charge is -2.13. The van der Waals surface area contributed by atoms with Crippen molar-refractivity contribution in [3.05, 3.63) is 29.3 Å². The van der Waals surface area contributed by atoms with Crippen molar-refractivity contribution in [2.24, 2.45) is 0 Å². The van der Waals surface area contributed by atoms with Gasteiger partial charge in [0.05, 0.1) is 13.5 Å². The van der Waals surface area contributed by atoms with Gasteiger partial charge in [0.25, 0.3) is 0 Å². The SMILES string of the molecule is COc1ccc(CC(=O)CC(C)=O)cc1C(C)C. The number of hydrogen-bond donors (Lipinski definition) is 0. The molecular formula is C15H20O3. The molecule has 3 nitrogen and oxygen atoms in total. The summed E-state index contributed by atoms with van der Waals surface area (Å²) in [6.45, 7) is 5.60. The molecule has 0 aliphatic rings. The number of hydrogen-bond acceptors (Lipinski definition) is 3. The van der Waals surface area contributed by atoms with Crippen LogP contribution < -0.4 is 4.74 Å². The first kappa shape index (κ1) is 14.4. The molecule has 1 aromatic rings. The lowest BCUT2D eigenvalue weighted by Crippen LogP contribution is -2.08. The average molecular weight is 248 g/mol. The van der Waals surface area contributed by atoms with Gasteiger partial charge in [-0.1, -0.05) is 26.0 Å². The number of ketones is 2. The topological polar surface area (TPSA) is 43.4 Å². The van der Waals surface area contributed by atoms with Crippen molar-refractivity contribution in [1.82, 2.24) is 0 Å². The molecule has 1 rings (SSSR count). The van der Waals surface area contributed by atoms with Gasteiger partial charge in [0.1, 0.15) is 17.3 Å². The van der Waals surface area contributed by atoms with Crippen LogP contribution >= 0.6 is 0 Å². The van der Waals surface area contributed by atoms with E-state index in [1.54, 1.807) is 7.11 Å². The lowest BCUT2D eigenvalue weighted by atomic mass is 9.97. The molecular weight excluding hydrogens is 228 g/mol. The van der Waals surface area contributed by atoms with Crippen LogP contribution in [0.3, 0.4) is 0 Å². The monoisotopic (exact) mass is 248 g/mol. The van der Waals surface area contributed by atoms with Crippen LogP contribution in [-0.4, -0.2) is 18.7 Å². The van der Waals surface area contributed by atoms with E-state index < -0.39 is 0 Å². The van der Waals surface area contributed by atoms with Crippen molar-refractivity contribution in [2.75, 3.05) is 7.11 Å². The van der Waals surface area contributed by atoms with Gasteiger partial charge in [-0.25, -0.2) is 0 Å². The molecule has 1 aromatic carbocycles. The number of carbonyl (C=O) groups excluding carboxylic acids is 2. The Bertz CT molecular complexity index is 447. The van der Waals surface area contributed by atoms with Gasteiger partial charge in [-0.2, -0.15) is 0 Å². The molecule has 0 N–H and O–H groups in total. The Balaban J connectivity index is 2.88. The maximum atomic E-state index is 11.6. The Kier molecular flexibility index (Phi) is 5.08. The molecule has 0 fully saturated rings. The smallest absolute Gasteiger partial charge is 0.144 e. The molecule has 0 radical (unpaired) electrons. The predicted molar refractivity (Wildman–Crippen MR) is 71.1 cm³/mol. The van der Waals surface area contributed by atoms with Crippen molar-refractivity contribution >= 4 is 11.6 Å². The summed E-state index contributed by atoms with van der Waals surface area (Å²) in [5.74, 6) is 1.05. The van der Waals surface area contributed by atoms with E-state index in [0.717, 1.165) is 16.9 Å². The van der Waals surface area contributed by atoms with E-state index in [1.165, 1.54) is 6.92 Å². The Morgan fingerprint density at radius 2 is 1.94 bits per heavy atom. The third kappa shape index (κ3) is 3.99. The van der Waals surface area contributed by atoms with Crippen molar-refractivity contribution < 1.29 is 14.3 Å². The van der Waals surface area contributed by atoms with Crippen LogP contribution in [0.5, 0.6) is 5.75 Å². The molecule has 0 atom stereocenters. The van der Waals surface area contributed by atoms with Gasteiger partial charge >= 0.3 is 0 Å². The van der Waals surface area contributed by atoms with Crippen LogP contribution in [0, 0.1) is 0 Å². The third-order valence-electron chi connectivity index (χ3n) is 2.76. The number of benzene rings is 1. The molecule has 0 spiro atoms. The average Bonchev–Trinajstić information content (AvgIpc) is 2.27. The highest BCUT2D eigenvalue weighted by Gasteiger charge is 2.11. The summed E-state index contributed by atoms with van der Waals surface area (Å²) in [7, 11) is 1.64. The summed E-state index contributed by atoms with van der Waals surface area (Å²) in [4.78, 5) is 22.5. The lowest BCUT2D eigenvalue weighted by molar-refractivity contribution is -0.125. The normalized spacial score (nSPS) is 10.5. The molecule has 0 saturated heterocycles. The largest absolute Gasteiger partial charge is 0.496 e. The zero-order chi connectivity index (χ0) is 13.7. The molecule has 0 heterocycles. The Labute approximate surface area is 108 Å². The first-order valence-electron chi connectivity index (χ1n) is 6.12. The van der Waals surface area contributed by atoms with Crippen LogP contribution in [0.4, 0.5) is 0 Å². The van der Waals surface area contributed by atoms with Crippen LogP contribution in [0.25, 0.3) is 0 Å². The molecule has 0 bridgehead atoms. The Hall–Kier alpha value is -1.64. The highest BCUT2D eigenvalue weighted by Crippen LogP contribution is 2.27. The Morgan fingerprint density at radius 1 is 1.28 bits per heavy atom. The summed E-state index contributed by atoms with van der Waals surface area (Å²) in [6, 6.07) is 5.75. The van der Waals surface area contributed by atoms with Gasteiger partial charge in [0, 0.05) is 6.42 Å². The van der Waals surface area contributed by atoms with E-state index in [2.05, 4.69) is 13.8 Å². The predicted octanol–water partition coefficient (Wildman–Crippen LogP) is 2.91. The summed E-state index contributed by atoms with van der Waals surface area (Å²) >= 11 is 0. The molecule has 98 valence electrons. The van der Waals surface area contributed by atoms with Crippen LogP contribution in [0.2, 0.25) is 0 Å². The molecule has 18 heavy (non-hydrogen) atoms. The van der Waals surface area contributed by atoms with E-state index in [9.17, 15) is 9.59 Å². The van der Waals surface area contributed by atoms with Crippen LogP contribution in [0.15, 0.2) is 18.2 Å². The molecule has 0 unspecified atom stereocenters. The summed E-state index contributed by atoms with van der Waals surface area (Å²) in [5.41, 5.74) is 2.02. The van der Waals surface area contributed by atoms with E-state index in [-0.39, 0.29) is 18.0 Å². The van der Waals surface area contributed by atoms with Gasteiger partial charge < -0.3 is 4.74 Å². The Morgan fingerprint density at radius 3 is 2.44 bits per heavy atom. The molecule has 0 aliphatic carbocycles. The number of methoxy groups -OCH3 is 1. The molecule has 3 heteroatoms. The van der Waals surface area contributed by atoms with Gasteiger partial charge in [-0.3, -0.25) is 9.59 Å². The number of carbonyl (C=O) groups is 2. The molecule has 0 amide bonds. The second kappa shape index (κ2) is 6.34. The fraction of sp³-hybridized carbons (Fsp3) is 0.467. The van der Waals surface area contributed by atoms with Gasteiger partial charge in [-0.15, -0.1) is 0 Å². The molecule has 0 aromatic heterocycles. The summed E-state index contributed by atoms with van der Waals surface area (Å²) < 4.78 is 5.29. The maximum absolute atomic E-state index is 11.6. The zero-order valence-electron chi connectivity index (χ0n) is 11.4. The second-order valence-corrected chi connectivity index (χ2v) is 4.83. The second-order valence-electron chi connectivity index (χ2n) is 4.83. The first-order valence-corrected chi connectivity index (χ1v) is 6.12. The molecule has 0 saturated carbocycles. The van der Waals surface area contributed by atoms with E-state index in [0.29, 0.717) is 12.3 Å². The van der Waals surface area contributed by atoms with Crippen molar-refractivity contribution in [3.63, 3.8) is 0 Å². The van der Waals surface area contributed by atoms with Crippen molar-refractivity contribution in [1.29, 1.82) is 0 Å². The van der Waals surface area contributed by atoms with E-state index in [1.807, 2.05) is 18.2 Å². The fourth-order valence-corrected chi connectivity index (χ4v) is 1.91. The van der Waals surface area contributed by atoms with Crippen LogP contribution in [-0.2, 0) is 16.0 Å². The standard InChI is InChI=1S/C15H20O3/c1-10(2)14-9-12(5-6-15(14)18-4)8-13(17)7-11(3)16/h5-6,9-10H,7-8H2,1-4H3. The minimum Gasteiger partial charge on any atom is -0.496 e. The van der Waals surface area contributed by atoms with E-state index in [4.69, 9.17) is 4.74 Å².